The Morgan fingerprint density at radius 3 is 2.26 bits per heavy atom. The molecule has 4 N–H and O–H groups in total. The number of nitrogens with one attached hydrogen (secondary N) is 2. The molecule has 0 spiro atoms. The number of nitrogens with zero attached hydrogens (tertiary/aromatic N) is 1. The van der Waals surface area contributed by atoms with Gasteiger partial charge in [-0.25, -0.2) is 4.99 Å². The second kappa shape index (κ2) is 9.77. The van der Waals surface area contributed by atoms with Gasteiger partial charge in [-0.15, -0.1) is 24.0 Å². The summed E-state index contributed by atoms with van der Waals surface area (Å²) in [5, 5.41) is 5.82. The maximum absolute atomic E-state index is 11.9. The Labute approximate surface area is 174 Å². The molecular formula is C20H21IN4O2. The van der Waals surface area contributed by atoms with Crippen LogP contribution in [0.2, 0.25) is 0 Å². The smallest absolute Gasteiger partial charge is 0.291 e. The molecule has 0 aliphatic carbocycles. The predicted octanol–water partition coefficient (Wildman–Crippen LogP) is 4.39. The summed E-state index contributed by atoms with van der Waals surface area (Å²) in [4.78, 5) is 16.2. The molecule has 3 rings (SSSR count). The van der Waals surface area contributed by atoms with Crippen LogP contribution < -0.4 is 16.4 Å². The van der Waals surface area contributed by atoms with Crippen LogP contribution >= 0.6 is 24.0 Å². The number of aliphatic imine (C=N–C) groups is 1. The highest BCUT2D eigenvalue weighted by Crippen LogP contribution is 2.13. The van der Waals surface area contributed by atoms with E-state index in [9.17, 15) is 4.79 Å². The third kappa shape index (κ3) is 6.14. The number of hydrogen-bond donors (Lipinski definition) is 3. The Hall–Kier alpha value is -2.81. The van der Waals surface area contributed by atoms with Gasteiger partial charge in [0.25, 0.3) is 5.91 Å². The molecule has 0 radical (unpaired) electrons. The summed E-state index contributed by atoms with van der Waals surface area (Å²) >= 11 is 0. The first-order chi connectivity index (χ1) is 12.6. The molecular weight excluding hydrogens is 455 g/mol. The lowest BCUT2D eigenvalue weighted by Crippen LogP contribution is -2.22. The molecule has 1 heterocycles. The molecule has 0 bridgehead atoms. The van der Waals surface area contributed by atoms with Crippen LogP contribution in [0, 0.1) is 6.92 Å². The van der Waals surface area contributed by atoms with E-state index in [1.54, 1.807) is 12.1 Å². The summed E-state index contributed by atoms with van der Waals surface area (Å²) < 4.78 is 5.06. The second-order valence-corrected chi connectivity index (χ2v) is 5.82. The summed E-state index contributed by atoms with van der Waals surface area (Å²) in [6.45, 7) is 2.47. The number of benzene rings is 2. The summed E-state index contributed by atoms with van der Waals surface area (Å²) in [5.74, 6) is 0.338. The first-order valence-electron chi connectivity index (χ1n) is 8.17. The van der Waals surface area contributed by atoms with Gasteiger partial charge in [-0.2, -0.15) is 0 Å². The number of aryl methyl sites for hydroxylation is 1. The Morgan fingerprint density at radius 2 is 1.63 bits per heavy atom. The van der Waals surface area contributed by atoms with Gasteiger partial charge in [-0.1, -0.05) is 29.8 Å². The molecule has 0 unspecified atom stereocenters. The standard InChI is InChI=1S/C20H20N4O2.HI/c1-14-4-8-17(9-5-14)24-20(21)22-13-15-6-10-16(11-7-15)23-19(25)18-3-2-12-26-18;/h2-12H,13H2,1H3,(H,23,25)(H3,21,22,24);1H. The highest BCUT2D eigenvalue weighted by atomic mass is 127. The number of hydrogen-bond acceptors (Lipinski definition) is 3. The van der Waals surface area contributed by atoms with Crippen LogP contribution in [0.1, 0.15) is 21.7 Å². The van der Waals surface area contributed by atoms with E-state index in [1.807, 2.05) is 55.5 Å². The van der Waals surface area contributed by atoms with Gasteiger partial charge in [0.05, 0.1) is 12.8 Å². The lowest BCUT2D eigenvalue weighted by atomic mass is 10.2. The van der Waals surface area contributed by atoms with Gasteiger partial charge in [0.1, 0.15) is 0 Å². The molecule has 27 heavy (non-hydrogen) atoms. The van der Waals surface area contributed by atoms with E-state index < -0.39 is 0 Å². The summed E-state index contributed by atoms with van der Waals surface area (Å²) in [5.41, 5.74) is 9.66. The van der Waals surface area contributed by atoms with Gasteiger partial charge in [-0.05, 0) is 48.9 Å². The van der Waals surface area contributed by atoms with Crippen molar-refractivity contribution in [2.75, 3.05) is 10.6 Å². The van der Waals surface area contributed by atoms with Crippen molar-refractivity contribution >= 4 is 47.2 Å². The largest absolute Gasteiger partial charge is 0.459 e. The van der Waals surface area contributed by atoms with Crippen LogP contribution in [0.25, 0.3) is 0 Å². The van der Waals surface area contributed by atoms with Crippen molar-refractivity contribution in [2.45, 2.75) is 13.5 Å². The third-order valence-corrected chi connectivity index (χ3v) is 3.71. The Bertz CT molecular complexity index is 889. The monoisotopic (exact) mass is 476 g/mol. The minimum atomic E-state index is -0.285. The summed E-state index contributed by atoms with van der Waals surface area (Å²) in [6.07, 6.45) is 1.46. The third-order valence-electron chi connectivity index (χ3n) is 3.71. The number of furan rings is 1. The van der Waals surface area contributed by atoms with Crippen molar-refractivity contribution in [2.24, 2.45) is 10.7 Å². The molecule has 1 aromatic heterocycles. The van der Waals surface area contributed by atoms with Crippen LogP contribution in [-0.4, -0.2) is 11.9 Å². The van der Waals surface area contributed by atoms with Gasteiger partial charge >= 0.3 is 0 Å². The van der Waals surface area contributed by atoms with Gasteiger partial charge in [0.15, 0.2) is 11.7 Å². The topological polar surface area (TPSA) is 92.6 Å². The highest BCUT2D eigenvalue weighted by Gasteiger charge is 2.08. The minimum absolute atomic E-state index is 0. The zero-order chi connectivity index (χ0) is 18.4. The van der Waals surface area contributed by atoms with E-state index in [-0.39, 0.29) is 35.6 Å². The average molecular weight is 476 g/mol. The number of halogens is 1. The fourth-order valence-electron chi connectivity index (χ4n) is 2.29. The van der Waals surface area contributed by atoms with Crippen molar-refractivity contribution in [1.82, 2.24) is 0 Å². The summed E-state index contributed by atoms with van der Waals surface area (Å²) in [6, 6.07) is 18.6. The number of carbonyl (C=O) groups excluding carboxylic acids is 1. The van der Waals surface area contributed by atoms with Crippen LogP contribution in [0.15, 0.2) is 76.3 Å². The average Bonchev–Trinajstić information content (AvgIpc) is 3.18. The van der Waals surface area contributed by atoms with Gasteiger partial charge in [0.2, 0.25) is 0 Å². The fourth-order valence-corrected chi connectivity index (χ4v) is 2.29. The maximum Gasteiger partial charge on any atom is 0.291 e. The molecule has 2 aromatic carbocycles. The maximum atomic E-state index is 11.9. The van der Waals surface area contributed by atoms with Crippen molar-refractivity contribution in [3.63, 3.8) is 0 Å². The Morgan fingerprint density at radius 1 is 1.00 bits per heavy atom. The second-order valence-electron chi connectivity index (χ2n) is 5.82. The van der Waals surface area contributed by atoms with Crippen LogP contribution in [0.4, 0.5) is 11.4 Å². The Balaban J connectivity index is 0.00000261. The van der Waals surface area contributed by atoms with E-state index in [4.69, 9.17) is 10.2 Å². The first kappa shape index (κ1) is 20.5. The van der Waals surface area contributed by atoms with E-state index in [1.165, 1.54) is 11.8 Å². The molecule has 0 aliphatic heterocycles. The van der Waals surface area contributed by atoms with Crippen molar-refractivity contribution < 1.29 is 9.21 Å². The molecule has 0 aliphatic rings. The normalized spacial score (nSPS) is 10.8. The molecule has 0 saturated carbocycles. The Kier molecular flexibility index (Phi) is 7.42. The zero-order valence-electron chi connectivity index (χ0n) is 14.8. The lowest BCUT2D eigenvalue weighted by Gasteiger charge is -2.07. The molecule has 7 heteroatoms. The molecule has 0 saturated heterocycles. The number of guanidine groups is 1. The SMILES string of the molecule is Cc1ccc(NC(N)=NCc2ccc(NC(=O)c3ccco3)cc2)cc1.I. The number of anilines is 2. The molecule has 140 valence electrons. The van der Waals surface area contributed by atoms with Crippen LogP contribution in [0.5, 0.6) is 0 Å². The first-order valence-corrected chi connectivity index (χ1v) is 8.17. The quantitative estimate of drug-likeness (QED) is 0.290. The lowest BCUT2D eigenvalue weighted by molar-refractivity contribution is 0.0996. The molecule has 0 atom stereocenters. The van der Waals surface area contributed by atoms with Crippen LogP contribution in [-0.2, 0) is 6.54 Å². The number of nitrogens with two attached hydrogens (primary N) is 1. The van der Waals surface area contributed by atoms with Gasteiger partial charge in [0, 0.05) is 11.4 Å². The predicted molar refractivity (Wildman–Crippen MR) is 119 cm³/mol. The van der Waals surface area contributed by atoms with E-state index in [0.29, 0.717) is 18.2 Å². The number of carbonyl (C=O) groups is 1. The van der Waals surface area contributed by atoms with Crippen LogP contribution in [0.3, 0.4) is 0 Å². The van der Waals surface area contributed by atoms with E-state index in [2.05, 4.69) is 15.6 Å². The number of amides is 1. The highest BCUT2D eigenvalue weighted by molar-refractivity contribution is 14.0. The fraction of sp³-hybridized carbons (Fsp3) is 0.100. The number of rotatable bonds is 5. The molecule has 6 nitrogen and oxygen atoms in total. The van der Waals surface area contributed by atoms with E-state index >= 15 is 0 Å². The molecule has 0 fully saturated rings. The minimum Gasteiger partial charge on any atom is -0.459 e. The summed E-state index contributed by atoms with van der Waals surface area (Å²) in [7, 11) is 0. The van der Waals surface area contributed by atoms with Crippen molar-refractivity contribution in [1.29, 1.82) is 0 Å². The van der Waals surface area contributed by atoms with Crippen molar-refractivity contribution in [3.8, 4) is 0 Å². The molecule has 1 amide bonds. The van der Waals surface area contributed by atoms with Gasteiger partial charge < -0.3 is 20.8 Å². The van der Waals surface area contributed by atoms with Gasteiger partial charge in [-0.3, -0.25) is 4.79 Å². The van der Waals surface area contributed by atoms with E-state index in [0.717, 1.165) is 11.3 Å². The molecule has 3 aromatic rings. The zero-order valence-corrected chi connectivity index (χ0v) is 17.1. The van der Waals surface area contributed by atoms with Crippen molar-refractivity contribution in [3.05, 3.63) is 83.8 Å².